The van der Waals surface area contributed by atoms with E-state index in [4.69, 9.17) is 0 Å². The van der Waals surface area contributed by atoms with Crippen LogP contribution in [0.4, 0.5) is 0 Å². The Bertz CT molecular complexity index is 118. The van der Waals surface area contributed by atoms with Crippen LogP contribution in [0.1, 0.15) is 64.7 Å². The molecule has 0 saturated heterocycles. The molecule has 0 rings (SSSR count). The third-order valence-electron chi connectivity index (χ3n) is 2.43. The second kappa shape index (κ2) is 16.9. The fraction of sp³-hybridized carbons (Fsp3) is 0.917. The first kappa shape index (κ1) is 17.9. The molecule has 0 amide bonds. The third kappa shape index (κ3) is 17.1. The summed E-state index contributed by atoms with van der Waals surface area (Å²) in [6.45, 7) is 3.37. The molecule has 0 saturated carbocycles. The summed E-state index contributed by atoms with van der Waals surface area (Å²) < 4.78 is 4.61. The summed E-state index contributed by atoms with van der Waals surface area (Å²) in [6.07, 6.45) is 11.7. The van der Waals surface area contributed by atoms with E-state index in [0.717, 1.165) is 6.42 Å². The van der Waals surface area contributed by atoms with Gasteiger partial charge < -0.3 is 4.74 Å². The first-order valence-electron chi connectivity index (χ1n) is 5.97. The number of carbonyl (C=O) groups excluding carboxylic acids is 1. The third-order valence-corrected chi connectivity index (χ3v) is 2.43. The maximum atomic E-state index is 9.82. The van der Waals surface area contributed by atoms with Crippen LogP contribution in [0.15, 0.2) is 0 Å². The summed E-state index contributed by atoms with van der Waals surface area (Å²) in [5, 5.41) is 0. The number of ether oxygens (including phenoxy) is 1. The van der Waals surface area contributed by atoms with Crippen LogP contribution in [-0.4, -0.2) is 42.6 Å². The van der Waals surface area contributed by atoms with Gasteiger partial charge >= 0.3 is 29.6 Å². The standard InChI is InChI=1S/C12H24O2.Na.H/c1-2-3-4-5-6-7-8-9-10-11-14-12-13;;/h12H,2-11H2,1H3;;. The Hall–Kier alpha value is 0.470. The molecule has 0 atom stereocenters. The molecule has 0 N–H and O–H groups in total. The molecular weight excluding hydrogens is 199 g/mol. The van der Waals surface area contributed by atoms with E-state index in [9.17, 15) is 4.79 Å². The molecule has 15 heavy (non-hydrogen) atoms. The average molecular weight is 224 g/mol. The number of carbonyl (C=O) groups is 1. The summed E-state index contributed by atoms with van der Waals surface area (Å²) in [6, 6.07) is 0. The second-order valence-electron chi connectivity index (χ2n) is 3.80. The molecule has 0 aliphatic heterocycles. The van der Waals surface area contributed by atoms with Gasteiger partial charge in [-0.3, -0.25) is 4.79 Å². The van der Waals surface area contributed by atoms with E-state index in [1.807, 2.05) is 0 Å². The molecule has 0 heterocycles. The van der Waals surface area contributed by atoms with Gasteiger partial charge in [0.05, 0.1) is 6.61 Å². The summed E-state index contributed by atoms with van der Waals surface area (Å²) in [4.78, 5) is 9.82. The Morgan fingerprint density at radius 2 is 1.33 bits per heavy atom. The van der Waals surface area contributed by atoms with Crippen LogP contribution in [0.25, 0.3) is 0 Å². The summed E-state index contributed by atoms with van der Waals surface area (Å²) in [5.41, 5.74) is 0. The Morgan fingerprint density at radius 1 is 0.867 bits per heavy atom. The quantitative estimate of drug-likeness (QED) is 0.306. The van der Waals surface area contributed by atoms with Crippen molar-refractivity contribution in [1.29, 1.82) is 0 Å². The van der Waals surface area contributed by atoms with Crippen molar-refractivity contribution in [3.63, 3.8) is 0 Å². The van der Waals surface area contributed by atoms with Crippen LogP contribution < -0.4 is 0 Å². The Kier molecular flexibility index (Phi) is 20.1. The molecule has 0 fully saturated rings. The van der Waals surface area contributed by atoms with Gasteiger partial charge in [0.2, 0.25) is 0 Å². The van der Waals surface area contributed by atoms with Crippen molar-refractivity contribution in [1.82, 2.24) is 0 Å². The van der Waals surface area contributed by atoms with Gasteiger partial charge in [0.15, 0.2) is 0 Å². The van der Waals surface area contributed by atoms with Crippen LogP contribution in [0.5, 0.6) is 0 Å². The Labute approximate surface area is 116 Å². The van der Waals surface area contributed by atoms with E-state index in [1.165, 1.54) is 51.4 Å². The molecule has 3 heteroatoms. The van der Waals surface area contributed by atoms with Crippen LogP contribution in [0.3, 0.4) is 0 Å². The summed E-state index contributed by atoms with van der Waals surface area (Å²) in [5.74, 6) is 0. The van der Waals surface area contributed by atoms with Gasteiger partial charge in [-0.2, -0.15) is 0 Å². The van der Waals surface area contributed by atoms with Gasteiger partial charge in [-0.25, -0.2) is 0 Å². The SMILES string of the molecule is CCCCCCCCCCCOC=O.[NaH]. The predicted molar refractivity (Wildman–Crippen MR) is 66.4 cm³/mol. The zero-order valence-corrected chi connectivity index (χ0v) is 9.46. The number of unbranched alkanes of at least 4 members (excludes halogenated alkanes) is 8. The first-order valence-corrected chi connectivity index (χ1v) is 5.97. The van der Waals surface area contributed by atoms with Crippen molar-refractivity contribution in [2.45, 2.75) is 64.7 Å². The van der Waals surface area contributed by atoms with Crippen LogP contribution in [0, 0.1) is 0 Å². The zero-order chi connectivity index (χ0) is 10.5. The van der Waals surface area contributed by atoms with E-state index in [2.05, 4.69) is 11.7 Å². The predicted octanol–water partition coefficient (Wildman–Crippen LogP) is 3.04. The van der Waals surface area contributed by atoms with Crippen molar-refractivity contribution in [3.05, 3.63) is 0 Å². The fourth-order valence-electron chi connectivity index (χ4n) is 1.54. The zero-order valence-electron chi connectivity index (χ0n) is 9.46. The topological polar surface area (TPSA) is 26.3 Å². The van der Waals surface area contributed by atoms with Crippen LogP contribution in [-0.2, 0) is 9.53 Å². The molecular formula is C12H25NaO2. The first-order chi connectivity index (χ1) is 6.91. The van der Waals surface area contributed by atoms with Gasteiger partial charge in [0.1, 0.15) is 0 Å². The van der Waals surface area contributed by atoms with Crippen LogP contribution in [0.2, 0.25) is 0 Å². The molecule has 0 radical (unpaired) electrons. The van der Waals surface area contributed by atoms with Crippen molar-refractivity contribution in [2.24, 2.45) is 0 Å². The second-order valence-corrected chi connectivity index (χ2v) is 3.80. The molecule has 0 unspecified atom stereocenters. The van der Waals surface area contributed by atoms with Crippen LogP contribution >= 0.6 is 0 Å². The van der Waals surface area contributed by atoms with Gasteiger partial charge in [-0.15, -0.1) is 0 Å². The van der Waals surface area contributed by atoms with Crippen molar-refractivity contribution in [3.8, 4) is 0 Å². The van der Waals surface area contributed by atoms with Crippen molar-refractivity contribution >= 4 is 36.0 Å². The molecule has 0 bridgehead atoms. The molecule has 86 valence electrons. The molecule has 0 aromatic rings. The molecule has 0 aliphatic rings. The number of hydrogen-bond acceptors (Lipinski definition) is 2. The van der Waals surface area contributed by atoms with E-state index in [-0.39, 0.29) is 29.6 Å². The van der Waals surface area contributed by atoms with Crippen molar-refractivity contribution in [2.75, 3.05) is 6.61 Å². The van der Waals surface area contributed by atoms with E-state index in [1.54, 1.807) is 0 Å². The molecule has 0 spiro atoms. The van der Waals surface area contributed by atoms with Gasteiger partial charge in [0, 0.05) is 0 Å². The number of hydrogen-bond donors (Lipinski definition) is 0. The average Bonchev–Trinajstić information content (AvgIpc) is 2.21. The van der Waals surface area contributed by atoms with Gasteiger partial charge in [0.25, 0.3) is 6.47 Å². The Balaban J connectivity index is 0. The minimum atomic E-state index is 0. The van der Waals surface area contributed by atoms with Gasteiger partial charge in [-0.1, -0.05) is 58.3 Å². The Morgan fingerprint density at radius 3 is 1.80 bits per heavy atom. The summed E-state index contributed by atoms with van der Waals surface area (Å²) in [7, 11) is 0. The van der Waals surface area contributed by atoms with Gasteiger partial charge in [-0.05, 0) is 6.42 Å². The number of rotatable bonds is 11. The maximum absolute atomic E-state index is 9.82. The van der Waals surface area contributed by atoms with E-state index >= 15 is 0 Å². The monoisotopic (exact) mass is 224 g/mol. The normalized spacial score (nSPS) is 9.40. The summed E-state index contributed by atoms with van der Waals surface area (Å²) >= 11 is 0. The molecule has 0 aromatic heterocycles. The van der Waals surface area contributed by atoms with Crippen molar-refractivity contribution < 1.29 is 9.53 Å². The van der Waals surface area contributed by atoms with E-state index < -0.39 is 0 Å². The fourth-order valence-corrected chi connectivity index (χ4v) is 1.54. The van der Waals surface area contributed by atoms with E-state index in [0.29, 0.717) is 13.1 Å². The molecule has 2 nitrogen and oxygen atoms in total. The molecule has 0 aliphatic carbocycles. The minimum absolute atomic E-state index is 0. The molecule has 0 aromatic carbocycles.